The second kappa shape index (κ2) is 6.59. The summed E-state index contributed by atoms with van der Waals surface area (Å²) in [4.78, 5) is 4.34. The topological polar surface area (TPSA) is 43.4 Å². The zero-order valence-electron chi connectivity index (χ0n) is 12.2. The van der Waals surface area contributed by atoms with Crippen molar-refractivity contribution < 1.29 is 9.47 Å². The monoisotopic (exact) mass is 284 g/mol. The molecule has 1 aliphatic rings. The largest absolute Gasteiger partial charge is 0.497 e. The van der Waals surface area contributed by atoms with Gasteiger partial charge in [-0.2, -0.15) is 0 Å². The van der Waals surface area contributed by atoms with E-state index in [1.54, 1.807) is 13.3 Å². The molecule has 3 rings (SSSR count). The average molecular weight is 284 g/mol. The predicted molar refractivity (Wildman–Crippen MR) is 81.4 cm³/mol. The fraction of sp³-hybridized carbons (Fsp3) is 0.353. The molecule has 1 fully saturated rings. The van der Waals surface area contributed by atoms with E-state index in [-0.39, 0.29) is 0 Å². The number of ether oxygens (including phenoxy) is 2. The Labute approximate surface area is 125 Å². The number of hydrogen-bond acceptors (Lipinski definition) is 4. The van der Waals surface area contributed by atoms with Crippen LogP contribution in [0.1, 0.15) is 24.0 Å². The Kier molecular flexibility index (Phi) is 4.36. The predicted octanol–water partition coefficient (Wildman–Crippen LogP) is 2.92. The first-order valence-electron chi connectivity index (χ1n) is 7.28. The lowest BCUT2D eigenvalue weighted by atomic mass is 10.2. The van der Waals surface area contributed by atoms with Crippen LogP contribution in [0.2, 0.25) is 0 Å². The highest BCUT2D eigenvalue weighted by Crippen LogP contribution is 2.22. The van der Waals surface area contributed by atoms with E-state index in [0.717, 1.165) is 23.4 Å². The molecule has 4 nitrogen and oxygen atoms in total. The summed E-state index contributed by atoms with van der Waals surface area (Å²) in [6, 6.07) is 12.6. The fourth-order valence-corrected chi connectivity index (χ4v) is 2.10. The highest BCUT2D eigenvalue weighted by atomic mass is 16.5. The summed E-state index contributed by atoms with van der Waals surface area (Å²) in [5.41, 5.74) is 2.21. The Morgan fingerprint density at radius 2 is 2.00 bits per heavy atom. The van der Waals surface area contributed by atoms with Crippen molar-refractivity contribution in [3.8, 4) is 11.6 Å². The summed E-state index contributed by atoms with van der Waals surface area (Å²) in [7, 11) is 1.67. The summed E-state index contributed by atoms with van der Waals surface area (Å²) in [6.45, 7) is 1.33. The lowest BCUT2D eigenvalue weighted by Crippen LogP contribution is -2.16. The number of aromatic nitrogens is 1. The molecule has 1 N–H and O–H groups in total. The number of benzene rings is 1. The molecule has 110 valence electrons. The van der Waals surface area contributed by atoms with E-state index in [2.05, 4.69) is 16.4 Å². The first-order valence-corrected chi connectivity index (χ1v) is 7.28. The first kappa shape index (κ1) is 13.9. The van der Waals surface area contributed by atoms with Gasteiger partial charge in [-0.05, 0) is 36.6 Å². The Morgan fingerprint density at radius 1 is 1.19 bits per heavy atom. The molecule has 21 heavy (non-hydrogen) atoms. The number of methoxy groups -OCH3 is 1. The standard InChI is InChI=1S/C17H20N2O2/c1-20-16-8-4-13(5-9-16)12-21-17-14(3-2-10-18-17)11-19-15-6-7-15/h2-5,8-10,15,19H,6-7,11-12H2,1H3. The lowest BCUT2D eigenvalue weighted by Gasteiger charge is -2.11. The van der Waals surface area contributed by atoms with E-state index in [9.17, 15) is 0 Å². The van der Waals surface area contributed by atoms with Gasteiger partial charge < -0.3 is 14.8 Å². The van der Waals surface area contributed by atoms with Crippen LogP contribution < -0.4 is 14.8 Å². The van der Waals surface area contributed by atoms with Gasteiger partial charge in [0.2, 0.25) is 5.88 Å². The Balaban J connectivity index is 1.60. The number of hydrogen-bond donors (Lipinski definition) is 1. The molecule has 0 unspecified atom stereocenters. The minimum Gasteiger partial charge on any atom is -0.497 e. The van der Waals surface area contributed by atoms with Gasteiger partial charge in [0, 0.05) is 24.3 Å². The third-order valence-electron chi connectivity index (χ3n) is 3.54. The summed E-state index contributed by atoms with van der Waals surface area (Å²) >= 11 is 0. The van der Waals surface area contributed by atoms with Gasteiger partial charge in [-0.25, -0.2) is 4.98 Å². The molecule has 0 radical (unpaired) electrons. The van der Waals surface area contributed by atoms with Crippen molar-refractivity contribution in [3.63, 3.8) is 0 Å². The Morgan fingerprint density at radius 3 is 2.71 bits per heavy atom. The molecular formula is C17H20N2O2. The van der Waals surface area contributed by atoms with Crippen molar-refractivity contribution in [2.45, 2.75) is 32.0 Å². The van der Waals surface area contributed by atoms with Crippen molar-refractivity contribution in [2.75, 3.05) is 7.11 Å². The van der Waals surface area contributed by atoms with Crippen LogP contribution in [0.3, 0.4) is 0 Å². The van der Waals surface area contributed by atoms with Gasteiger partial charge in [0.05, 0.1) is 7.11 Å². The maximum atomic E-state index is 5.86. The molecule has 2 aromatic rings. The Bertz CT molecular complexity index is 580. The normalized spacial score (nSPS) is 14.0. The van der Waals surface area contributed by atoms with Crippen LogP contribution in [-0.4, -0.2) is 18.1 Å². The zero-order valence-corrected chi connectivity index (χ0v) is 12.2. The molecule has 0 aliphatic heterocycles. The molecular weight excluding hydrogens is 264 g/mol. The third-order valence-corrected chi connectivity index (χ3v) is 3.54. The van der Waals surface area contributed by atoms with E-state index in [1.807, 2.05) is 30.3 Å². The van der Waals surface area contributed by atoms with Gasteiger partial charge in [-0.1, -0.05) is 18.2 Å². The van der Waals surface area contributed by atoms with Crippen molar-refractivity contribution in [3.05, 3.63) is 53.7 Å². The smallest absolute Gasteiger partial charge is 0.218 e. The fourth-order valence-electron chi connectivity index (χ4n) is 2.10. The van der Waals surface area contributed by atoms with Gasteiger partial charge in [0.1, 0.15) is 12.4 Å². The number of pyridine rings is 1. The number of nitrogens with one attached hydrogen (secondary N) is 1. The van der Waals surface area contributed by atoms with Gasteiger partial charge in [-0.15, -0.1) is 0 Å². The lowest BCUT2D eigenvalue weighted by molar-refractivity contribution is 0.289. The molecule has 0 saturated heterocycles. The van der Waals surface area contributed by atoms with Gasteiger partial charge in [-0.3, -0.25) is 0 Å². The summed E-state index contributed by atoms with van der Waals surface area (Å²) in [5.74, 6) is 1.56. The maximum absolute atomic E-state index is 5.86. The van der Waals surface area contributed by atoms with Crippen molar-refractivity contribution in [1.29, 1.82) is 0 Å². The van der Waals surface area contributed by atoms with Crippen LogP contribution in [0.25, 0.3) is 0 Å². The highest BCUT2D eigenvalue weighted by Gasteiger charge is 2.20. The minimum atomic E-state index is 0.511. The van der Waals surface area contributed by atoms with Crippen molar-refractivity contribution >= 4 is 0 Å². The van der Waals surface area contributed by atoms with E-state index < -0.39 is 0 Å². The van der Waals surface area contributed by atoms with Crippen LogP contribution in [0.5, 0.6) is 11.6 Å². The van der Waals surface area contributed by atoms with E-state index >= 15 is 0 Å². The minimum absolute atomic E-state index is 0.511. The quantitative estimate of drug-likeness (QED) is 0.849. The van der Waals surface area contributed by atoms with Crippen LogP contribution in [0.4, 0.5) is 0 Å². The summed E-state index contributed by atoms with van der Waals surface area (Å²) in [5, 5.41) is 3.49. The second-order valence-corrected chi connectivity index (χ2v) is 5.26. The number of nitrogens with zero attached hydrogens (tertiary/aromatic N) is 1. The van der Waals surface area contributed by atoms with Gasteiger partial charge in [0.25, 0.3) is 0 Å². The van der Waals surface area contributed by atoms with Crippen molar-refractivity contribution in [2.24, 2.45) is 0 Å². The van der Waals surface area contributed by atoms with E-state index in [4.69, 9.17) is 9.47 Å². The van der Waals surface area contributed by atoms with Crippen LogP contribution in [0, 0.1) is 0 Å². The molecule has 1 aliphatic carbocycles. The molecule has 1 aromatic carbocycles. The highest BCUT2D eigenvalue weighted by molar-refractivity contribution is 5.28. The molecule has 4 heteroatoms. The molecule has 1 heterocycles. The third kappa shape index (κ3) is 3.95. The van der Waals surface area contributed by atoms with Crippen LogP contribution >= 0.6 is 0 Å². The average Bonchev–Trinajstić information content (AvgIpc) is 3.36. The number of rotatable bonds is 7. The maximum Gasteiger partial charge on any atom is 0.218 e. The van der Waals surface area contributed by atoms with Crippen LogP contribution in [0.15, 0.2) is 42.6 Å². The molecule has 1 saturated carbocycles. The van der Waals surface area contributed by atoms with E-state index in [0.29, 0.717) is 18.5 Å². The summed E-state index contributed by atoms with van der Waals surface area (Å²) in [6.07, 6.45) is 4.33. The molecule has 0 spiro atoms. The van der Waals surface area contributed by atoms with Gasteiger partial charge in [0.15, 0.2) is 0 Å². The SMILES string of the molecule is COc1ccc(COc2ncccc2CNC2CC2)cc1. The Hall–Kier alpha value is -2.07. The van der Waals surface area contributed by atoms with Crippen molar-refractivity contribution in [1.82, 2.24) is 10.3 Å². The molecule has 1 aromatic heterocycles. The molecule has 0 atom stereocenters. The molecule has 0 amide bonds. The molecule has 0 bridgehead atoms. The van der Waals surface area contributed by atoms with Gasteiger partial charge >= 0.3 is 0 Å². The summed E-state index contributed by atoms with van der Waals surface area (Å²) < 4.78 is 11.0. The van der Waals surface area contributed by atoms with E-state index in [1.165, 1.54) is 12.8 Å². The zero-order chi connectivity index (χ0) is 14.5. The van der Waals surface area contributed by atoms with Crippen LogP contribution in [-0.2, 0) is 13.2 Å². The second-order valence-electron chi connectivity index (χ2n) is 5.26. The first-order chi connectivity index (χ1) is 10.3.